The lowest BCUT2D eigenvalue weighted by atomic mass is 9.85. The van der Waals surface area contributed by atoms with Gasteiger partial charge in [-0.3, -0.25) is 0 Å². The molecule has 1 aliphatic carbocycles. The van der Waals surface area contributed by atoms with Gasteiger partial charge >= 0.3 is 0 Å². The Morgan fingerprint density at radius 3 is 1.92 bits per heavy atom. The van der Waals surface area contributed by atoms with Crippen molar-refractivity contribution in [3.8, 4) is 0 Å². The molecule has 2 unspecified atom stereocenters. The fourth-order valence-corrected chi connectivity index (χ4v) is 3.41. The van der Waals surface area contributed by atoms with E-state index >= 15 is 0 Å². The largest absolute Gasteiger partial charge is 0.123 e. The maximum Gasteiger partial charge on any atom is 0.0342 e. The van der Waals surface area contributed by atoms with E-state index in [0.29, 0.717) is 16.7 Å². The van der Waals surface area contributed by atoms with Gasteiger partial charge in [-0.15, -0.1) is 18.2 Å². The number of hydrogen-bond acceptors (Lipinski definition) is 0. The minimum atomic E-state index is 0.253. The molecular formula is C24H39Cl. The first-order valence-electron chi connectivity index (χ1n) is 9.77. The minimum absolute atomic E-state index is 0.253. The van der Waals surface area contributed by atoms with Crippen LogP contribution in [0.25, 0.3) is 0 Å². The third-order valence-electron chi connectivity index (χ3n) is 4.92. The van der Waals surface area contributed by atoms with Crippen molar-refractivity contribution in [3.63, 3.8) is 0 Å². The first-order valence-corrected chi connectivity index (χ1v) is 10.2. The SMILES string of the molecule is C=C(C)CCC(C)(C)C.CC(C)(C)c1ccc(C2CCC(Cl)C2)cc1. The van der Waals surface area contributed by atoms with Crippen LogP contribution in [-0.4, -0.2) is 5.38 Å². The summed E-state index contributed by atoms with van der Waals surface area (Å²) in [6, 6.07) is 9.13. The van der Waals surface area contributed by atoms with E-state index in [2.05, 4.69) is 79.3 Å². The van der Waals surface area contributed by atoms with Gasteiger partial charge in [-0.2, -0.15) is 0 Å². The van der Waals surface area contributed by atoms with Crippen LogP contribution in [-0.2, 0) is 5.41 Å². The summed E-state index contributed by atoms with van der Waals surface area (Å²) in [7, 11) is 0. The van der Waals surface area contributed by atoms with Crippen LogP contribution in [0.3, 0.4) is 0 Å². The van der Waals surface area contributed by atoms with Crippen LogP contribution < -0.4 is 0 Å². The van der Waals surface area contributed by atoms with Crippen LogP contribution in [0, 0.1) is 5.41 Å². The van der Waals surface area contributed by atoms with Crippen LogP contribution in [0.1, 0.15) is 97.6 Å². The van der Waals surface area contributed by atoms with Crippen LogP contribution in [0.15, 0.2) is 36.4 Å². The van der Waals surface area contributed by atoms with Crippen molar-refractivity contribution >= 4 is 11.6 Å². The lowest BCUT2D eigenvalue weighted by Gasteiger charge is -2.20. The van der Waals surface area contributed by atoms with Gasteiger partial charge in [-0.1, -0.05) is 71.4 Å². The van der Waals surface area contributed by atoms with Crippen molar-refractivity contribution in [3.05, 3.63) is 47.5 Å². The van der Waals surface area contributed by atoms with Crippen molar-refractivity contribution < 1.29 is 0 Å². The van der Waals surface area contributed by atoms with Gasteiger partial charge in [0.05, 0.1) is 0 Å². The Hall–Kier alpha value is -0.750. The quantitative estimate of drug-likeness (QED) is 0.375. The molecule has 0 amide bonds. The van der Waals surface area contributed by atoms with E-state index in [-0.39, 0.29) is 5.41 Å². The molecule has 1 saturated carbocycles. The standard InChI is InChI=1S/C15H21Cl.C9H18/c1-15(2,3)13-7-4-11(5-8-13)12-6-9-14(16)10-12;1-8(2)6-7-9(3,4)5/h4-5,7-8,12,14H,6,9-10H2,1-3H3;1,6-7H2,2-5H3. The van der Waals surface area contributed by atoms with Crippen LogP contribution in [0.5, 0.6) is 0 Å². The molecule has 0 aliphatic heterocycles. The molecule has 2 atom stereocenters. The average molecular weight is 363 g/mol. The molecule has 0 nitrogen and oxygen atoms in total. The lowest BCUT2D eigenvalue weighted by molar-refractivity contribution is 0.378. The van der Waals surface area contributed by atoms with Gasteiger partial charge in [0.25, 0.3) is 0 Å². The highest BCUT2D eigenvalue weighted by molar-refractivity contribution is 6.20. The molecule has 1 aromatic carbocycles. The second-order valence-electron chi connectivity index (χ2n) is 10.00. The Kier molecular flexibility index (Phi) is 8.26. The fourth-order valence-electron chi connectivity index (χ4n) is 3.07. The van der Waals surface area contributed by atoms with E-state index in [9.17, 15) is 0 Å². The van der Waals surface area contributed by atoms with E-state index in [1.54, 1.807) is 0 Å². The molecule has 1 aliphatic rings. The Labute approximate surface area is 162 Å². The highest BCUT2D eigenvalue weighted by Crippen LogP contribution is 2.37. The zero-order valence-corrected chi connectivity index (χ0v) is 18.3. The number of benzene rings is 1. The first-order chi connectivity index (χ1) is 11.4. The summed E-state index contributed by atoms with van der Waals surface area (Å²) in [5, 5.41) is 0.396. The highest BCUT2D eigenvalue weighted by Gasteiger charge is 2.24. The third-order valence-corrected chi connectivity index (χ3v) is 5.31. The van der Waals surface area contributed by atoms with Crippen LogP contribution in [0.2, 0.25) is 0 Å². The predicted octanol–water partition coefficient (Wildman–Crippen LogP) is 8.25. The molecule has 1 heteroatoms. The molecular weight excluding hydrogens is 324 g/mol. The number of rotatable bonds is 3. The van der Waals surface area contributed by atoms with Crippen molar-refractivity contribution in [2.24, 2.45) is 5.41 Å². The molecule has 2 rings (SSSR count). The summed E-state index contributed by atoms with van der Waals surface area (Å²) in [6.07, 6.45) is 6.00. The third kappa shape index (κ3) is 8.95. The zero-order valence-electron chi connectivity index (χ0n) is 17.6. The summed E-state index contributed by atoms with van der Waals surface area (Å²) in [4.78, 5) is 0. The van der Waals surface area contributed by atoms with E-state index in [1.807, 2.05) is 0 Å². The number of hydrogen-bond donors (Lipinski definition) is 0. The monoisotopic (exact) mass is 362 g/mol. The molecule has 0 spiro atoms. The number of allylic oxidation sites excluding steroid dienone is 1. The topological polar surface area (TPSA) is 0 Å². The molecule has 0 N–H and O–H groups in total. The molecule has 0 heterocycles. The Morgan fingerprint density at radius 1 is 1.04 bits per heavy atom. The van der Waals surface area contributed by atoms with E-state index in [1.165, 1.54) is 42.4 Å². The summed E-state index contributed by atoms with van der Waals surface area (Å²) in [5.41, 5.74) is 4.90. The summed E-state index contributed by atoms with van der Waals surface area (Å²) in [5.74, 6) is 0.691. The Morgan fingerprint density at radius 2 is 1.60 bits per heavy atom. The smallest absolute Gasteiger partial charge is 0.0342 e. The maximum absolute atomic E-state index is 6.16. The summed E-state index contributed by atoms with van der Waals surface area (Å²) in [6.45, 7) is 19.5. The van der Waals surface area contributed by atoms with Gasteiger partial charge < -0.3 is 0 Å². The van der Waals surface area contributed by atoms with Gasteiger partial charge in [-0.05, 0) is 66.9 Å². The molecule has 0 radical (unpaired) electrons. The number of alkyl halides is 1. The van der Waals surface area contributed by atoms with E-state index < -0.39 is 0 Å². The highest BCUT2D eigenvalue weighted by atomic mass is 35.5. The molecule has 0 bridgehead atoms. The van der Waals surface area contributed by atoms with Crippen LogP contribution in [0.4, 0.5) is 0 Å². The molecule has 0 aromatic heterocycles. The summed E-state index contributed by atoms with van der Waals surface area (Å²) >= 11 is 6.16. The van der Waals surface area contributed by atoms with Crippen molar-refractivity contribution in [2.45, 2.75) is 97.3 Å². The van der Waals surface area contributed by atoms with Gasteiger partial charge in [0.2, 0.25) is 0 Å². The average Bonchev–Trinajstić information content (AvgIpc) is 2.91. The Balaban J connectivity index is 0.000000299. The second kappa shape index (κ2) is 9.26. The van der Waals surface area contributed by atoms with Crippen molar-refractivity contribution in [1.82, 2.24) is 0 Å². The predicted molar refractivity (Wildman–Crippen MR) is 115 cm³/mol. The summed E-state index contributed by atoms with van der Waals surface area (Å²) < 4.78 is 0. The van der Waals surface area contributed by atoms with Gasteiger partial charge in [-0.25, -0.2) is 0 Å². The molecule has 0 saturated heterocycles. The Bertz CT molecular complexity index is 525. The fraction of sp³-hybridized carbons (Fsp3) is 0.667. The maximum atomic E-state index is 6.16. The van der Waals surface area contributed by atoms with Gasteiger partial charge in [0.1, 0.15) is 0 Å². The van der Waals surface area contributed by atoms with Crippen molar-refractivity contribution in [2.75, 3.05) is 0 Å². The van der Waals surface area contributed by atoms with E-state index in [4.69, 9.17) is 11.6 Å². The number of halogens is 1. The molecule has 142 valence electrons. The molecule has 1 fully saturated rings. The van der Waals surface area contributed by atoms with Crippen LogP contribution >= 0.6 is 11.6 Å². The van der Waals surface area contributed by atoms with Gasteiger partial charge in [0, 0.05) is 5.38 Å². The van der Waals surface area contributed by atoms with Gasteiger partial charge in [0.15, 0.2) is 0 Å². The zero-order chi connectivity index (χ0) is 19.3. The minimum Gasteiger partial charge on any atom is -0.123 e. The lowest BCUT2D eigenvalue weighted by Crippen LogP contribution is -2.10. The molecule has 25 heavy (non-hydrogen) atoms. The molecule has 1 aromatic rings. The van der Waals surface area contributed by atoms with Crippen molar-refractivity contribution in [1.29, 1.82) is 0 Å². The second-order valence-corrected chi connectivity index (χ2v) is 10.6. The van der Waals surface area contributed by atoms with E-state index in [0.717, 1.165) is 6.42 Å². The normalized spacial score (nSPS) is 20.8. The first kappa shape index (κ1) is 22.3.